The Kier molecular flexibility index (Phi) is 11.4. The number of hydrogen-bond acceptors (Lipinski definition) is 15. The number of carbonyl (C=O) groups excluding carboxylic acids is 6. The zero-order valence-corrected chi connectivity index (χ0v) is 37.1. The standard InChI is InChI=1S/C47H52N10O9/c1-27-34-24-49-46(52-41(34)56(30-5-3-4-6-30)45(64)40(27)28(2)58)50-37-9-7-31(23-48-37)54-16-14-53(15-17-54)18-20-65-19-12-39(60)55-25-47(26-55)13-11-29-21-32-33(22-36(29)66-47)44(63)57(43(32)62)35-8-10-38(59)51-42(35)61/h7,9,21-24,30,35H,3-6,8,10-20,25-26H2,1-2H3,(H,51,59,61)(H,48,49,50,52). The van der Waals surface area contributed by atoms with E-state index < -0.39 is 35.3 Å². The number of ketones is 1. The molecule has 19 nitrogen and oxygen atoms in total. The number of piperazine rings is 1. The smallest absolute Gasteiger partial charge is 0.263 e. The Morgan fingerprint density at radius 2 is 1.68 bits per heavy atom. The molecule has 344 valence electrons. The van der Waals surface area contributed by atoms with E-state index in [2.05, 4.69) is 30.4 Å². The number of Topliss-reactive ketones (excluding diaryl/α,β-unsaturated/α-hetero) is 1. The number of pyridine rings is 2. The highest BCUT2D eigenvalue weighted by Crippen LogP contribution is 2.42. The number of likely N-dealkylation sites (tertiary alicyclic amines) is 1. The molecule has 3 aromatic heterocycles. The van der Waals surface area contributed by atoms with Gasteiger partial charge >= 0.3 is 0 Å². The van der Waals surface area contributed by atoms with E-state index in [1.165, 1.54) is 6.92 Å². The third-order valence-corrected chi connectivity index (χ3v) is 14.1. The number of amides is 5. The molecule has 1 aromatic carbocycles. The number of aromatic nitrogens is 4. The van der Waals surface area contributed by atoms with E-state index in [1.54, 1.807) is 34.7 Å². The third kappa shape index (κ3) is 7.97. The van der Waals surface area contributed by atoms with E-state index in [0.29, 0.717) is 73.3 Å². The number of fused-ring (bicyclic) bond motifs is 3. The Balaban J connectivity index is 0.652. The Morgan fingerprint density at radius 3 is 2.39 bits per heavy atom. The van der Waals surface area contributed by atoms with Gasteiger partial charge in [-0.05, 0) is 81.3 Å². The molecular formula is C47H52N10O9. The number of imide groups is 2. The largest absolute Gasteiger partial charge is 0.483 e. The fraction of sp³-hybridized carbons (Fsp3) is 0.489. The van der Waals surface area contributed by atoms with Crippen molar-refractivity contribution in [3.05, 3.63) is 74.8 Å². The molecular weight excluding hydrogens is 849 g/mol. The highest BCUT2D eigenvalue weighted by molar-refractivity contribution is 6.23. The maximum atomic E-state index is 13.6. The summed E-state index contributed by atoms with van der Waals surface area (Å²) in [5.74, 6) is -1.06. The number of nitrogens with one attached hydrogen (secondary N) is 2. The summed E-state index contributed by atoms with van der Waals surface area (Å²) < 4.78 is 14.0. The molecule has 0 bridgehead atoms. The van der Waals surface area contributed by atoms with E-state index in [1.807, 2.05) is 18.3 Å². The minimum absolute atomic E-state index is 0.00478. The van der Waals surface area contributed by atoms with Crippen molar-refractivity contribution in [3.63, 3.8) is 0 Å². The van der Waals surface area contributed by atoms with Crippen LogP contribution in [0.1, 0.15) is 107 Å². The first-order valence-corrected chi connectivity index (χ1v) is 22.9. The third-order valence-electron chi connectivity index (χ3n) is 14.1. The Bertz CT molecular complexity index is 2740. The quantitative estimate of drug-likeness (QED) is 0.119. The molecule has 1 saturated carbocycles. The molecule has 0 radical (unpaired) electrons. The van der Waals surface area contributed by atoms with Crippen molar-refractivity contribution in [2.45, 2.75) is 89.3 Å². The van der Waals surface area contributed by atoms with Gasteiger partial charge in [-0.15, -0.1) is 0 Å². The van der Waals surface area contributed by atoms with Crippen molar-refractivity contribution in [1.82, 2.24) is 39.5 Å². The monoisotopic (exact) mass is 900 g/mol. The average molecular weight is 901 g/mol. The van der Waals surface area contributed by atoms with Gasteiger partial charge in [-0.2, -0.15) is 4.98 Å². The van der Waals surface area contributed by atoms with Crippen LogP contribution in [0.25, 0.3) is 11.0 Å². The van der Waals surface area contributed by atoms with Crippen LogP contribution in [0, 0.1) is 6.92 Å². The predicted octanol–water partition coefficient (Wildman–Crippen LogP) is 3.09. The summed E-state index contributed by atoms with van der Waals surface area (Å²) in [7, 11) is 0. The highest BCUT2D eigenvalue weighted by atomic mass is 16.5. The number of aryl methyl sites for hydroxylation is 2. The minimum atomic E-state index is -1.03. The van der Waals surface area contributed by atoms with Gasteiger partial charge in [0.1, 0.15) is 28.9 Å². The van der Waals surface area contributed by atoms with Gasteiger partial charge in [-0.1, -0.05) is 12.8 Å². The lowest BCUT2D eigenvalue weighted by Crippen LogP contribution is -2.67. The molecule has 3 saturated heterocycles. The van der Waals surface area contributed by atoms with Gasteiger partial charge in [0.15, 0.2) is 5.78 Å². The predicted molar refractivity (Wildman–Crippen MR) is 239 cm³/mol. The lowest BCUT2D eigenvalue weighted by molar-refractivity contribution is -0.154. The Hall–Kier alpha value is -6.60. The number of benzene rings is 1. The molecule has 2 N–H and O–H groups in total. The fourth-order valence-electron chi connectivity index (χ4n) is 10.4. The van der Waals surface area contributed by atoms with E-state index in [-0.39, 0.29) is 59.2 Å². The molecule has 4 fully saturated rings. The summed E-state index contributed by atoms with van der Waals surface area (Å²) in [5, 5.41) is 6.11. The van der Waals surface area contributed by atoms with Crippen LogP contribution >= 0.6 is 0 Å². The first kappa shape index (κ1) is 43.3. The fourth-order valence-corrected chi connectivity index (χ4v) is 10.4. The summed E-state index contributed by atoms with van der Waals surface area (Å²) in [5.41, 5.74) is 2.69. The maximum Gasteiger partial charge on any atom is 0.263 e. The molecule has 8 heterocycles. The van der Waals surface area contributed by atoms with Crippen molar-refractivity contribution in [3.8, 4) is 5.75 Å². The molecule has 6 aliphatic rings. The number of hydrogen-bond donors (Lipinski definition) is 2. The van der Waals surface area contributed by atoms with Gasteiger partial charge in [-0.25, -0.2) is 9.97 Å². The molecule has 1 unspecified atom stereocenters. The van der Waals surface area contributed by atoms with E-state index >= 15 is 0 Å². The summed E-state index contributed by atoms with van der Waals surface area (Å²) >= 11 is 0. The highest BCUT2D eigenvalue weighted by Gasteiger charge is 2.51. The topological polar surface area (TPSA) is 219 Å². The first-order chi connectivity index (χ1) is 31.9. The van der Waals surface area contributed by atoms with Crippen LogP contribution in [0.15, 0.2) is 41.5 Å². The maximum absolute atomic E-state index is 13.6. The summed E-state index contributed by atoms with van der Waals surface area (Å²) in [6, 6.07) is 6.12. The number of ether oxygens (including phenoxy) is 2. The number of piperidine rings is 1. The number of nitrogens with zero attached hydrogens (tertiary/aromatic N) is 8. The Morgan fingerprint density at radius 1 is 0.924 bits per heavy atom. The van der Waals surface area contributed by atoms with Gasteiger partial charge in [0.05, 0.1) is 61.3 Å². The number of carbonyl (C=O) groups is 6. The van der Waals surface area contributed by atoms with Crippen LogP contribution in [-0.2, 0) is 25.5 Å². The van der Waals surface area contributed by atoms with Crippen molar-refractivity contribution in [1.29, 1.82) is 0 Å². The van der Waals surface area contributed by atoms with E-state index in [0.717, 1.165) is 74.6 Å². The van der Waals surface area contributed by atoms with Crippen LogP contribution in [0.5, 0.6) is 5.75 Å². The van der Waals surface area contributed by atoms with Gasteiger partial charge in [0.2, 0.25) is 23.7 Å². The molecule has 1 atom stereocenters. The second kappa shape index (κ2) is 17.3. The van der Waals surface area contributed by atoms with Crippen LogP contribution in [-0.4, -0.2) is 140 Å². The average Bonchev–Trinajstić information content (AvgIpc) is 3.90. The number of anilines is 3. The van der Waals surface area contributed by atoms with E-state index in [4.69, 9.17) is 14.5 Å². The first-order valence-electron chi connectivity index (χ1n) is 22.9. The second-order valence-corrected chi connectivity index (χ2v) is 18.3. The summed E-state index contributed by atoms with van der Waals surface area (Å²) in [4.78, 5) is 111. The van der Waals surface area contributed by atoms with Crippen LogP contribution < -0.4 is 25.8 Å². The van der Waals surface area contributed by atoms with Crippen molar-refractivity contribution < 1.29 is 38.2 Å². The Labute approximate surface area is 379 Å². The lowest BCUT2D eigenvalue weighted by atomic mass is 9.83. The zero-order chi connectivity index (χ0) is 45.9. The molecule has 5 amide bonds. The van der Waals surface area contributed by atoms with Gasteiger partial charge < -0.3 is 24.6 Å². The molecule has 4 aromatic rings. The van der Waals surface area contributed by atoms with Crippen LogP contribution in [0.3, 0.4) is 0 Å². The van der Waals surface area contributed by atoms with Crippen molar-refractivity contribution in [2.75, 3.05) is 69.2 Å². The zero-order valence-electron chi connectivity index (χ0n) is 37.1. The minimum Gasteiger partial charge on any atom is -0.483 e. The van der Waals surface area contributed by atoms with Gasteiger partial charge in [0.25, 0.3) is 17.4 Å². The number of rotatable bonds is 12. The lowest BCUT2D eigenvalue weighted by Gasteiger charge is -2.51. The molecule has 5 aliphatic heterocycles. The SMILES string of the molecule is CC(=O)c1c(C)c2cnc(Nc3ccc(N4CCN(CCOCCC(=O)N5CC6(CCc7cc8c(cc7O6)C(=O)N(C6CCC(=O)NC6=O)C8=O)C5)CC4)cn3)nc2n(C2CCCC2)c1=O. The molecule has 10 rings (SSSR count). The van der Waals surface area contributed by atoms with Gasteiger partial charge in [0, 0.05) is 56.8 Å². The molecule has 1 spiro atoms. The second-order valence-electron chi connectivity index (χ2n) is 18.3. The van der Waals surface area contributed by atoms with Crippen LogP contribution in [0.2, 0.25) is 0 Å². The van der Waals surface area contributed by atoms with Crippen molar-refractivity contribution in [2.24, 2.45) is 0 Å². The summed E-state index contributed by atoms with van der Waals surface area (Å²) in [6.45, 7) is 8.98. The van der Waals surface area contributed by atoms with E-state index in [9.17, 15) is 33.6 Å². The normalized spacial score (nSPS) is 20.6. The molecule has 66 heavy (non-hydrogen) atoms. The van der Waals surface area contributed by atoms with Crippen molar-refractivity contribution >= 4 is 63.8 Å². The van der Waals surface area contributed by atoms with Gasteiger partial charge in [-0.3, -0.25) is 53.2 Å². The van der Waals surface area contributed by atoms with Crippen LogP contribution in [0.4, 0.5) is 17.5 Å². The molecule has 1 aliphatic carbocycles. The summed E-state index contributed by atoms with van der Waals surface area (Å²) in [6.07, 6.45) is 8.97. The molecule has 19 heteroatoms.